The number of aromatic nitrogens is 4. The van der Waals surface area contributed by atoms with Gasteiger partial charge in [0.05, 0.1) is 31.2 Å². The first kappa shape index (κ1) is 17.6. The maximum absolute atomic E-state index is 14.0. The van der Waals surface area contributed by atoms with Crippen molar-refractivity contribution in [3.05, 3.63) is 41.6 Å². The summed E-state index contributed by atoms with van der Waals surface area (Å²) < 4.78 is 27.1. The molecule has 0 unspecified atom stereocenters. The van der Waals surface area contributed by atoms with Crippen molar-refractivity contribution in [2.45, 2.75) is 25.7 Å². The van der Waals surface area contributed by atoms with Gasteiger partial charge in [-0.15, -0.1) is 0 Å². The molecule has 0 aromatic carbocycles. The predicted molar refractivity (Wildman–Crippen MR) is 99.3 cm³/mol. The van der Waals surface area contributed by atoms with Crippen LogP contribution in [-0.2, 0) is 6.54 Å². The number of pyridine rings is 1. The normalized spacial score (nSPS) is 20.9. The van der Waals surface area contributed by atoms with Gasteiger partial charge in [-0.2, -0.15) is 5.10 Å². The van der Waals surface area contributed by atoms with E-state index < -0.39 is 18.0 Å². The molecule has 0 saturated carbocycles. The van der Waals surface area contributed by atoms with Gasteiger partial charge in [0.2, 0.25) is 5.88 Å². The van der Waals surface area contributed by atoms with Gasteiger partial charge in [-0.3, -0.25) is 4.79 Å². The molecule has 1 amide bonds. The van der Waals surface area contributed by atoms with Gasteiger partial charge in [0, 0.05) is 12.1 Å². The van der Waals surface area contributed by atoms with E-state index in [1.54, 1.807) is 13.1 Å². The van der Waals surface area contributed by atoms with Crippen LogP contribution in [0.1, 0.15) is 22.8 Å². The lowest BCUT2D eigenvalue weighted by atomic mass is 10.1. The molecule has 29 heavy (non-hydrogen) atoms. The number of rotatable bonds is 1. The zero-order valence-corrected chi connectivity index (χ0v) is 15.5. The molecule has 10 nitrogen and oxygen atoms in total. The summed E-state index contributed by atoms with van der Waals surface area (Å²) in [6, 6.07) is 1.16. The number of amides is 1. The largest absolute Gasteiger partial charge is 0.486 e. The maximum Gasteiger partial charge on any atom is 0.259 e. The maximum atomic E-state index is 14.0. The van der Waals surface area contributed by atoms with Gasteiger partial charge < -0.3 is 25.4 Å². The third-order valence-electron chi connectivity index (χ3n) is 4.96. The van der Waals surface area contributed by atoms with Crippen LogP contribution in [0.4, 0.5) is 10.2 Å². The van der Waals surface area contributed by atoms with E-state index in [2.05, 4.69) is 20.4 Å². The smallest absolute Gasteiger partial charge is 0.259 e. The SMILES string of the molecule is C[C@H]1NC(=O)c2cnn3cc4c(nc23)N(Cc2cc(F)cnc2O1)[C@H](CN)CO4. The van der Waals surface area contributed by atoms with Crippen LogP contribution in [0, 0.1) is 5.82 Å². The highest BCUT2D eigenvalue weighted by atomic mass is 19.1. The molecule has 3 N–H and O–H groups in total. The second-order valence-corrected chi connectivity index (χ2v) is 6.93. The monoisotopic (exact) mass is 399 g/mol. The van der Waals surface area contributed by atoms with Gasteiger partial charge >= 0.3 is 0 Å². The van der Waals surface area contributed by atoms with Crippen LogP contribution in [-0.4, -0.2) is 50.9 Å². The van der Waals surface area contributed by atoms with Crippen molar-refractivity contribution in [3.63, 3.8) is 0 Å². The second kappa shape index (κ2) is 6.55. The Hall–Kier alpha value is -3.47. The van der Waals surface area contributed by atoms with Crippen molar-refractivity contribution in [1.29, 1.82) is 0 Å². The van der Waals surface area contributed by atoms with Crippen LogP contribution in [0.15, 0.2) is 24.7 Å². The standard InChI is InChI=1S/C18H18FN7O3/c1-9-23-17(27)13-5-22-26-7-14-16(24-15(13)26)25(12(3-20)8-28-14)6-10-2-11(19)4-21-18(10)29-9/h2,4-5,7,9,12H,3,6,8,20H2,1H3,(H,23,27)/t9-,12+/m0/s1. The summed E-state index contributed by atoms with van der Waals surface area (Å²) in [6.45, 7) is 2.55. The molecule has 11 heteroatoms. The van der Waals surface area contributed by atoms with E-state index in [0.717, 1.165) is 6.20 Å². The fourth-order valence-corrected chi connectivity index (χ4v) is 3.53. The van der Waals surface area contributed by atoms with Gasteiger partial charge in [0.25, 0.3) is 5.91 Å². The number of ether oxygens (including phenoxy) is 2. The molecular weight excluding hydrogens is 381 g/mol. The van der Waals surface area contributed by atoms with Crippen molar-refractivity contribution in [2.75, 3.05) is 18.1 Å². The molecule has 2 bridgehead atoms. The number of nitrogens with one attached hydrogen (secondary N) is 1. The number of hydrogen-bond donors (Lipinski definition) is 2. The van der Waals surface area contributed by atoms with Crippen molar-refractivity contribution in [2.24, 2.45) is 5.73 Å². The van der Waals surface area contributed by atoms with Crippen molar-refractivity contribution >= 4 is 17.4 Å². The highest BCUT2D eigenvalue weighted by molar-refractivity contribution is 6.00. The zero-order chi connectivity index (χ0) is 20.1. The van der Waals surface area contributed by atoms with Gasteiger partial charge in [0.15, 0.2) is 23.4 Å². The molecule has 0 saturated heterocycles. The molecule has 0 radical (unpaired) electrons. The van der Waals surface area contributed by atoms with Crippen LogP contribution in [0.3, 0.4) is 0 Å². The Bertz CT molecular complexity index is 1120. The molecule has 150 valence electrons. The van der Waals surface area contributed by atoms with Crippen LogP contribution in [0.25, 0.3) is 5.65 Å². The Labute approximate surface area is 164 Å². The third kappa shape index (κ3) is 2.90. The zero-order valence-electron chi connectivity index (χ0n) is 15.5. The molecule has 0 aliphatic carbocycles. The first-order chi connectivity index (χ1) is 14.0. The number of carbonyl (C=O) groups excluding carboxylic acids is 1. The number of carbonyl (C=O) groups is 1. The lowest BCUT2D eigenvalue weighted by Gasteiger charge is -2.37. The van der Waals surface area contributed by atoms with E-state index in [0.29, 0.717) is 41.5 Å². The van der Waals surface area contributed by atoms with Crippen molar-refractivity contribution < 1.29 is 18.7 Å². The average molecular weight is 399 g/mol. The van der Waals surface area contributed by atoms with E-state index in [1.807, 2.05) is 4.90 Å². The van der Waals surface area contributed by atoms with Crippen molar-refractivity contribution in [1.82, 2.24) is 24.9 Å². The molecule has 3 aromatic rings. The van der Waals surface area contributed by atoms with Gasteiger partial charge in [-0.05, 0) is 13.0 Å². The minimum atomic E-state index is -0.706. The summed E-state index contributed by atoms with van der Waals surface area (Å²) >= 11 is 0. The Kier molecular flexibility index (Phi) is 3.98. The minimum absolute atomic E-state index is 0.200. The van der Waals surface area contributed by atoms with E-state index in [9.17, 15) is 9.18 Å². The van der Waals surface area contributed by atoms with Crippen LogP contribution in [0.5, 0.6) is 11.6 Å². The number of nitrogens with zero attached hydrogens (tertiary/aromatic N) is 5. The number of nitrogens with two attached hydrogens (primary N) is 1. The summed E-state index contributed by atoms with van der Waals surface area (Å²) in [5.74, 6) is 0.324. The summed E-state index contributed by atoms with van der Waals surface area (Å²) in [7, 11) is 0. The second-order valence-electron chi connectivity index (χ2n) is 6.93. The number of hydrogen-bond acceptors (Lipinski definition) is 8. The summed E-state index contributed by atoms with van der Waals surface area (Å²) in [6.07, 6.45) is 3.48. The third-order valence-corrected chi connectivity index (χ3v) is 4.96. The van der Waals surface area contributed by atoms with E-state index in [-0.39, 0.29) is 18.5 Å². The minimum Gasteiger partial charge on any atom is -0.486 e. The highest BCUT2D eigenvalue weighted by Gasteiger charge is 2.32. The Morgan fingerprint density at radius 1 is 1.41 bits per heavy atom. The summed E-state index contributed by atoms with van der Waals surface area (Å²) in [4.78, 5) is 23.4. The van der Waals surface area contributed by atoms with Crippen LogP contribution in [0.2, 0.25) is 0 Å². The molecule has 2 aliphatic rings. The van der Waals surface area contributed by atoms with Gasteiger partial charge in [-0.25, -0.2) is 18.9 Å². The number of fused-ring (bicyclic) bond motifs is 1. The molecule has 0 fully saturated rings. The fourth-order valence-electron chi connectivity index (χ4n) is 3.53. The average Bonchev–Trinajstić information content (AvgIpc) is 3.11. The van der Waals surface area contributed by atoms with Crippen LogP contribution < -0.4 is 25.4 Å². The first-order valence-corrected chi connectivity index (χ1v) is 9.13. The fraction of sp³-hybridized carbons (Fsp3) is 0.333. The summed E-state index contributed by atoms with van der Waals surface area (Å²) in [5.41, 5.74) is 7.13. The lowest BCUT2D eigenvalue weighted by molar-refractivity contribution is 0.0845. The molecule has 5 rings (SSSR count). The van der Waals surface area contributed by atoms with E-state index in [1.165, 1.54) is 16.8 Å². The van der Waals surface area contributed by atoms with Gasteiger partial charge in [-0.1, -0.05) is 0 Å². The van der Waals surface area contributed by atoms with E-state index >= 15 is 0 Å². The molecule has 0 spiro atoms. The number of anilines is 1. The lowest BCUT2D eigenvalue weighted by Crippen LogP contribution is -2.48. The number of halogens is 1. The van der Waals surface area contributed by atoms with Crippen molar-refractivity contribution in [3.8, 4) is 11.6 Å². The summed E-state index contributed by atoms with van der Waals surface area (Å²) in [5, 5.41) is 6.93. The quantitative estimate of drug-likeness (QED) is 0.606. The molecule has 3 aromatic heterocycles. The first-order valence-electron chi connectivity index (χ1n) is 9.13. The Morgan fingerprint density at radius 2 is 2.28 bits per heavy atom. The molecule has 2 atom stereocenters. The van der Waals surface area contributed by atoms with Gasteiger partial charge in [0.1, 0.15) is 18.0 Å². The molecule has 5 heterocycles. The topological polar surface area (TPSA) is 120 Å². The Balaban J connectivity index is 1.73. The van der Waals surface area contributed by atoms with E-state index in [4.69, 9.17) is 15.2 Å². The predicted octanol–water partition coefficient (Wildman–Crippen LogP) is 0.458. The Morgan fingerprint density at radius 3 is 3.10 bits per heavy atom. The highest BCUT2D eigenvalue weighted by Crippen LogP contribution is 2.35. The molecule has 2 aliphatic heterocycles. The molecular formula is C18H18FN7O3. The van der Waals surface area contributed by atoms with Crippen LogP contribution >= 0.6 is 0 Å².